The van der Waals surface area contributed by atoms with Crippen LogP contribution < -0.4 is 0 Å². The van der Waals surface area contributed by atoms with E-state index in [1.807, 2.05) is 0 Å². The molecule has 0 saturated carbocycles. The van der Waals surface area contributed by atoms with E-state index in [0.717, 1.165) is 108 Å². The first-order valence-electron chi connectivity index (χ1n) is 43.4. The van der Waals surface area contributed by atoms with Gasteiger partial charge in [-0.2, -0.15) is 0 Å². The van der Waals surface area contributed by atoms with Crippen molar-refractivity contribution < 1.29 is 80.2 Å². The van der Waals surface area contributed by atoms with E-state index >= 15 is 0 Å². The number of carbonyl (C=O) groups excluding carboxylic acids is 4. The number of carbonyl (C=O) groups is 4. The van der Waals surface area contributed by atoms with E-state index in [9.17, 15) is 43.2 Å². The number of phosphoric acid groups is 2. The molecule has 612 valence electrons. The summed E-state index contributed by atoms with van der Waals surface area (Å²) in [7, 11) is -9.92. The van der Waals surface area contributed by atoms with Crippen LogP contribution in [-0.2, 0) is 65.4 Å². The van der Waals surface area contributed by atoms with Gasteiger partial charge in [0.05, 0.1) is 26.4 Å². The van der Waals surface area contributed by atoms with Crippen molar-refractivity contribution in [3.05, 3.63) is 0 Å². The van der Waals surface area contributed by atoms with Gasteiger partial charge in [0.15, 0.2) is 12.2 Å². The summed E-state index contributed by atoms with van der Waals surface area (Å²) in [4.78, 5) is 73.1. The van der Waals surface area contributed by atoms with E-state index in [0.29, 0.717) is 31.6 Å². The molecular formula is C84H164O17P2. The summed E-state index contributed by atoms with van der Waals surface area (Å²) in [6.07, 6.45) is 64.0. The zero-order valence-electron chi connectivity index (χ0n) is 67.8. The minimum Gasteiger partial charge on any atom is -0.462 e. The van der Waals surface area contributed by atoms with Crippen molar-refractivity contribution in [2.45, 2.75) is 458 Å². The Morgan fingerprint density at radius 1 is 0.282 bits per heavy atom. The summed E-state index contributed by atoms with van der Waals surface area (Å²) in [5.74, 6) is 0.197. The average molecular weight is 1510 g/mol. The van der Waals surface area contributed by atoms with Crippen molar-refractivity contribution in [1.82, 2.24) is 0 Å². The summed E-state index contributed by atoms with van der Waals surface area (Å²) in [6.45, 7) is 11.9. The second-order valence-corrected chi connectivity index (χ2v) is 34.3. The number of aliphatic hydroxyl groups is 1. The molecule has 6 atom stereocenters. The molecule has 17 nitrogen and oxygen atoms in total. The largest absolute Gasteiger partial charge is 0.472 e. The zero-order valence-corrected chi connectivity index (χ0v) is 69.6. The second-order valence-electron chi connectivity index (χ2n) is 31.4. The summed E-state index contributed by atoms with van der Waals surface area (Å²) < 4.78 is 68.8. The van der Waals surface area contributed by atoms with Gasteiger partial charge in [-0.25, -0.2) is 9.13 Å². The summed E-state index contributed by atoms with van der Waals surface area (Å²) >= 11 is 0. The zero-order chi connectivity index (χ0) is 75.8. The van der Waals surface area contributed by atoms with Crippen LogP contribution in [0, 0.1) is 17.8 Å². The molecule has 0 bridgehead atoms. The van der Waals surface area contributed by atoms with E-state index < -0.39 is 97.5 Å². The van der Waals surface area contributed by atoms with Crippen molar-refractivity contribution in [3.63, 3.8) is 0 Å². The molecule has 0 aromatic carbocycles. The minimum absolute atomic E-state index is 0.105. The van der Waals surface area contributed by atoms with Crippen molar-refractivity contribution in [2.75, 3.05) is 39.6 Å². The molecule has 0 aliphatic rings. The molecule has 19 heteroatoms. The fourth-order valence-electron chi connectivity index (χ4n) is 13.0. The maximum absolute atomic E-state index is 13.1. The van der Waals surface area contributed by atoms with Crippen molar-refractivity contribution in [1.29, 1.82) is 0 Å². The molecule has 0 rings (SSSR count). The Bertz CT molecular complexity index is 1990. The van der Waals surface area contributed by atoms with E-state index in [4.69, 9.17) is 37.0 Å². The molecule has 0 aromatic heterocycles. The number of rotatable bonds is 82. The number of ether oxygens (including phenoxy) is 4. The van der Waals surface area contributed by atoms with Crippen molar-refractivity contribution in [3.8, 4) is 0 Å². The van der Waals surface area contributed by atoms with Crippen LogP contribution in [0.4, 0.5) is 0 Å². The highest BCUT2D eigenvalue weighted by Crippen LogP contribution is 2.45. The Balaban J connectivity index is 5.22. The SMILES string of the molecule is CCCCCCCCCCCCCCCCCCCCCCCCC(=O)O[C@H](COC(=O)CCCCCCCCCCCCCCCCC(C)CC)COP(=O)(O)OC[C@@H](O)COP(=O)(O)OC[C@@H](COC(=O)CCCCCCCCCC(C)C)OC(=O)CCCCCCCCCCCCC(C)C. The quantitative estimate of drug-likeness (QED) is 0.0222. The van der Waals surface area contributed by atoms with Crippen LogP contribution in [0.2, 0.25) is 0 Å². The minimum atomic E-state index is -4.96. The topological polar surface area (TPSA) is 237 Å². The fraction of sp³-hybridized carbons (Fsp3) is 0.952. The lowest BCUT2D eigenvalue weighted by atomic mass is 9.99. The summed E-state index contributed by atoms with van der Waals surface area (Å²) in [5, 5.41) is 10.7. The van der Waals surface area contributed by atoms with Crippen LogP contribution in [0.25, 0.3) is 0 Å². The normalized spacial score (nSPS) is 14.2. The predicted molar refractivity (Wildman–Crippen MR) is 423 cm³/mol. The van der Waals surface area contributed by atoms with Gasteiger partial charge < -0.3 is 33.8 Å². The maximum Gasteiger partial charge on any atom is 0.472 e. The molecule has 0 fully saturated rings. The van der Waals surface area contributed by atoms with Crippen LogP contribution in [0.5, 0.6) is 0 Å². The van der Waals surface area contributed by atoms with Crippen LogP contribution in [0.15, 0.2) is 0 Å². The molecule has 0 amide bonds. The number of esters is 4. The Morgan fingerprint density at radius 3 is 0.738 bits per heavy atom. The lowest BCUT2D eigenvalue weighted by molar-refractivity contribution is -0.161. The monoisotopic (exact) mass is 1510 g/mol. The predicted octanol–water partition coefficient (Wildman–Crippen LogP) is 25.3. The smallest absolute Gasteiger partial charge is 0.462 e. The van der Waals surface area contributed by atoms with Crippen molar-refractivity contribution >= 4 is 39.5 Å². The van der Waals surface area contributed by atoms with Gasteiger partial charge in [0, 0.05) is 25.7 Å². The van der Waals surface area contributed by atoms with Crippen LogP contribution >= 0.6 is 15.6 Å². The third-order valence-corrected chi connectivity index (χ3v) is 21.9. The van der Waals surface area contributed by atoms with E-state index in [1.54, 1.807) is 0 Å². The number of hydrogen-bond acceptors (Lipinski definition) is 15. The van der Waals surface area contributed by atoms with Crippen molar-refractivity contribution in [2.24, 2.45) is 17.8 Å². The third-order valence-electron chi connectivity index (χ3n) is 20.0. The molecular weight excluding hydrogens is 1340 g/mol. The van der Waals surface area contributed by atoms with Gasteiger partial charge in [-0.05, 0) is 43.4 Å². The summed E-state index contributed by atoms with van der Waals surface area (Å²) in [5.41, 5.74) is 0. The molecule has 3 N–H and O–H groups in total. The van der Waals surface area contributed by atoms with Gasteiger partial charge >= 0.3 is 39.5 Å². The molecule has 103 heavy (non-hydrogen) atoms. The van der Waals surface area contributed by atoms with E-state index in [2.05, 4.69) is 48.5 Å². The number of phosphoric ester groups is 2. The van der Waals surface area contributed by atoms with Crippen LogP contribution in [-0.4, -0.2) is 96.7 Å². The van der Waals surface area contributed by atoms with Gasteiger partial charge in [0.25, 0.3) is 0 Å². The molecule has 0 aromatic rings. The van der Waals surface area contributed by atoms with Crippen LogP contribution in [0.1, 0.15) is 440 Å². The van der Waals surface area contributed by atoms with Crippen LogP contribution in [0.3, 0.4) is 0 Å². The first-order chi connectivity index (χ1) is 49.8. The summed E-state index contributed by atoms with van der Waals surface area (Å²) in [6, 6.07) is 0. The van der Waals surface area contributed by atoms with Gasteiger partial charge in [-0.3, -0.25) is 37.3 Å². The highest BCUT2D eigenvalue weighted by atomic mass is 31.2. The second kappa shape index (κ2) is 74.2. The number of aliphatic hydroxyl groups excluding tert-OH is 1. The number of hydrogen-bond donors (Lipinski definition) is 3. The molecule has 0 spiro atoms. The highest BCUT2D eigenvalue weighted by Gasteiger charge is 2.30. The van der Waals surface area contributed by atoms with Gasteiger partial charge in [-0.1, -0.05) is 389 Å². The van der Waals surface area contributed by atoms with Gasteiger partial charge in [-0.15, -0.1) is 0 Å². The Hall–Kier alpha value is -1.94. The van der Waals surface area contributed by atoms with E-state index in [1.165, 1.54) is 244 Å². The lowest BCUT2D eigenvalue weighted by Gasteiger charge is -2.21. The van der Waals surface area contributed by atoms with Gasteiger partial charge in [0.2, 0.25) is 0 Å². The lowest BCUT2D eigenvalue weighted by Crippen LogP contribution is -2.30. The molecule has 0 radical (unpaired) electrons. The highest BCUT2D eigenvalue weighted by molar-refractivity contribution is 7.47. The number of unbranched alkanes of at least 4 members (excludes halogenated alkanes) is 49. The third kappa shape index (κ3) is 76.6. The average Bonchev–Trinajstić information content (AvgIpc) is 0.908. The first kappa shape index (κ1) is 101. The molecule has 0 aliphatic carbocycles. The van der Waals surface area contributed by atoms with E-state index in [-0.39, 0.29) is 25.7 Å². The Kier molecular flexibility index (Phi) is 72.8. The first-order valence-corrected chi connectivity index (χ1v) is 46.4. The molecule has 0 saturated heterocycles. The molecule has 3 unspecified atom stereocenters. The maximum atomic E-state index is 13.1. The Morgan fingerprint density at radius 2 is 0.495 bits per heavy atom. The Labute approximate surface area is 632 Å². The van der Waals surface area contributed by atoms with Gasteiger partial charge in [0.1, 0.15) is 19.3 Å². The standard InChI is InChI=1S/C84H164O17P2/c1-8-10-11-12-13-14-15-16-17-18-19-20-21-22-23-24-29-32-38-45-53-60-67-83(88)100-79(71-94-81(86)65-58-51-44-37-31-28-26-25-27-30-36-43-50-57-64-77(7)9-2)73-98-102(90,91)96-69-78(85)70-97-103(92,93)99-74-80(72-95-82(87)66-59-52-47-40-42-49-56-63-76(5)6)101-84(89)68-61-54-46-39-34-33-35-41-48-55-62-75(3)4/h75-80,85H,8-74H2,1-7H3,(H,90,91)(H,92,93)/t77?,78-,79-,80-/m1/s1. The fourth-order valence-corrected chi connectivity index (χ4v) is 14.6. The molecule has 0 heterocycles. The molecule has 0 aliphatic heterocycles.